The number of carbonyl (C=O) groups is 3. The van der Waals surface area contributed by atoms with Crippen molar-refractivity contribution in [2.45, 2.75) is 12.1 Å². The molecule has 7 nitrogen and oxygen atoms in total. The zero-order valence-corrected chi connectivity index (χ0v) is 8.05. The second kappa shape index (κ2) is 8.48. The van der Waals surface area contributed by atoms with Crippen LogP contribution in [-0.2, 0) is 14.4 Å². The third kappa shape index (κ3) is 8.97. The van der Waals surface area contributed by atoms with Crippen molar-refractivity contribution in [3.8, 4) is 0 Å². The smallest absolute Gasteiger partial charge is 0.327 e. The third-order valence-corrected chi connectivity index (χ3v) is 1.34. The molecule has 0 amide bonds. The minimum atomic E-state index is -1.36. The van der Waals surface area contributed by atoms with Gasteiger partial charge in [0.1, 0.15) is 12.3 Å². The predicted molar refractivity (Wildman–Crippen MR) is 51.1 cm³/mol. The van der Waals surface area contributed by atoms with Crippen LogP contribution in [0.2, 0.25) is 0 Å². The normalized spacial score (nSPS) is 13.1. The molecule has 0 aromatic rings. The molecule has 0 bridgehead atoms. The van der Waals surface area contributed by atoms with Crippen molar-refractivity contribution in [3.05, 3.63) is 0 Å². The lowest BCUT2D eigenvalue weighted by molar-refractivity contribution is -0.140. The monoisotopic (exact) mass is 224 g/mol. The number of carbonyl (C=O) groups excluding carboxylic acids is 1. The lowest BCUT2D eigenvalue weighted by atomic mass is 10.4. The van der Waals surface area contributed by atoms with Crippen LogP contribution in [0, 0.1) is 0 Å². The Bertz CT molecular complexity index is 210. The fourth-order valence-corrected chi connectivity index (χ4v) is 0.292. The fourth-order valence-electron chi connectivity index (χ4n) is 0.136. The zero-order chi connectivity index (χ0) is 11.7. The number of aldehydes is 1. The van der Waals surface area contributed by atoms with Gasteiger partial charge in [0, 0.05) is 5.75 Å². The van der Waals surface area contributed by atoms with Crippen LogP contribution in [0.1, 0.15) is 0 Å². The third-order valence-electron chi connectivity index (χ3n) is 0.946. The molecule has 0 unspecified atom stereocenters. The van der Waals surface area contributed by atoms with Crippen molar-refractivity contribution >= 4 is 30.9 Å². The average molecular weight is 224 g/mol. The summed E-state index contributed by atoms with van der Waals surface area (Å²) in [6.07, 6.45) is 0.169. The highest BCUT2D eigenvalue weighted by molar-refractivity contribution is 7.80. The van der Waals surface area contributed by atoms with Crippen LogP contribution in [0.25, 0.3) is 0 Å². The summed E-state index contributed by atoms with van der Waals surface area (Å²) in [7, 11) is 0. The first kappa shape index (κ1) is 15.4. The number of rotatable bonds is 4. The van der Waals surface area contributed by atoms with Gasteiger partial charge in [-0.1, -0.05) is 0 Å². The number of carboxylic acid groups (broad SMARTS) is 2. The second-order valence-corrected chi connectivity index (χ2v) is 2.49. The molecule has 0 fully saturated rings. The summed E-state index contributed by atoms with van der Waals surface area (Å²) in [5.41, 5.74) is 9.59. The maximum Gasteiger partial charge on any atom is 0.327 e. The van der Waals surface area contributed by atoms with Gasteiger partial charge in [-0.05, 0) is 0 Å². The number of hydrogen-bond donors (Lipinski definition) is 5. The van der Waals surface area contributed by atoms with E-state index >= 15 is 0 Å². The van der Waals surface area contributed by atoms with Crippen molar-refractivity contribution in [1.29, 1.82) is 0 Å². The van der Waals surface area contributed by atoms with E-state index in [1.54, 1.807) is 0 Å². The number of nitrogens with two attached hydrogens (primary N) is 2. The molecule has 0 heterocycles. The van der Waals surface area contributed by atoms with E-state index in [0.29, 0.717) is 0 Å². The van der Waals surface area contributed by atoms with Crippen molar-refractivity contribution in [2.75, 3.05) is 5.75 Å². The van der Waals surface area contributed by atoms with E-state index in [0.717, 1.165) is 0 Å². The molecule has 0 aliphatic carbocycles. The molecule has 82 valence electrons. The summed E-state index contributed by atoms with van der Waals surface area (Å²) in [6.45, 7) is 0. The van der Waals surface area contributed by atoms with Gasteiger partial charge in [0.2, 0.25) is 0 Å². The zero-order valence-electron chi connectivity index (χ0n) is 7.16. The maximum absolute atomic E-state index is 9.76. The lowest BCUT2D eigenvalue weighted by Gasteiger charge is -1.96. The number of carboxylic acids is 2. The summed E-state index contributed by atoms with van der Waals surface area (Å²) in [5, 5.41) is 15.8. The van der Waals surface area contributed by atoms with Crippen molar-refractivity contribution in [2.24, 2.45) is 11.5 Å². The highest BCUT2D eigenvalue weighted by Crippen LogP contribution is 1.80. The molecule has 0 aromatic carbocycles. The van der Waals surface area contributed by atoms with Crippen LogP contribution < -0.4 is 11.5 Å². The highest BCUT2D eigenvalue weighted by atomic mass is 32.1. The molecule has 0 aromatic heterocycles. The van der Waals surface area contributed by atoms with Gasteiger partial charge in [0.15, 0.2) is 6.04 Å². The van der Waals surface area contributed by atoms with Crippen LogP contribution in [0.4, 0.5) is 0 Å². The number of thiol groups is 1. The van der Waals surface area contributed by atoms with Crippen molar-refractivity contribution < 1.29 is 24.6 Å². The summed E-state index contributed by atoms with van der Waals surface area (Å²) in [5.74, 6) is -2.11. The largest absolute Gasteiger partial charge is 0.480 e. The van der Waals surface area contributed by atoms with Gasteiger partial charge in [0.05, 0.1) is 0 Å². The van der Waals surface area contributed by atoms with E-state index in [4.69, 9.17) is 15.9 Å². The quantitative estimate of drug-likeness (QED) is 0.209. The topological polar surface area (TPSA) is 144 Å². The summed E-state index contributed by atoms with van der Waals surface area (Å²) in [4.78, 5) is 28.8. The van der Waals surface area contributed by atoms with Gasteiger partial charge in [-0.2, -0.15) is 12.6 Å². The highest BCUT2D eigenvalue weighted by Gasteiger charge is 2.07. The minimum absolute atomic E-state index is 0.169. The molecule has 0 saturated heterocycles. The van der Waals surface area contributed by atoms with Gasteiger partial charge in [-0.15, -0.1) is 0 Å². The molecular weight excluding hydrogens is 212 g/mol. The number of aliphatic carboxylic acids is 2. The Morgan fingerprint density at radius 2 is 1.71 bits per heavy atom. The Morgan fingerprint density at radius 1 is 1.29 bits per heavy atom. The first-order valence-corrected chi connectivity index (χ1v) is 4.03. The van der Waals surface area contributed by atoms with Crippen LogP contribution in [0.3, 0.4) is 0 Å². The first-order chi connectivity index (χ1) is 6.36. The maximum atomic E-state index is 9.76. The molecule has 0 radical (unpaired) electrons. The van der Waals surface area contributed by atoms with E-state index in [1.165, 1.54) is 0 Å². The first-order valence-electron chi connectivity index (χ1n) is 3.39. The molecule has 14 heavy (non-hydrogen) atoms. The Morgan fingerprint density at radius 3 is 1.71 bits per heavy atom. The molecule has 0 aliphatic heterocycles. The van der Waals surface area contributed by atoms with Crippen LogP contribution in [-0.4, -0.2) is 46.3 Å². The minimum Gasteiger partial charge on any atom is -0.480 e. The van der Waals surface area contributed by atoms with E-state index in [9.17, 15) is 14.4 Å². The molecule has 0 spiro atoms. The lowest BCUT2D eigenvalue weighted by Crippen LogP contribution is -2.31. The molecule has 0 rings (SSSR count). The average Bonchev–Trinajstić information content (AvgIpc) is 2.15. The molecule has 2 atom stereocenters. The van der Waals surface area contributed by atoms with E-state index in [1.807, 2.05) is 0 Å². The van der Waals surface area contributed by atoms with Gasteiger partial charge >= 0.3 is 11.9 Å². The van der Waals surface area contributed by atoms with E-state index in [-0.39, 0.29) is 12.0 Å². The van der Waals surface area contributed by atoms with Crippen LogP contribution in [0.5, 0.6) is 0 Å². The predicted octanol–water partition coefficient (Wildman–Crippen LogP) is -2.07. The second-order valence-electron chi connectivity index (χ2n) is 2.13. The van der Waals surface area contributed by atoms with Crippen LogP contribution >= 0.6 is 12.6 Å². The molecule has 0 saturated carbocycles. The van der Waals surface area contributed by atoms with Crippen LogP contribution in [0.15, 0.2) is 0 Å². The Hall–Kier alpha value is -1.12. The fraction of sp³-hybridized carbons (Fsp3) is 0.500. The molecule has 0 aliphatic rings. The Kier molecular flexibility index (Phi) is 9.30. The van der Waals surface area contributed by atoms with Crippen molar-refractivity contribution in [3.63, 3.8) is 0 Å². The number of hydrogen-bond acceptors (Lipinski definition) is 6. The van der Waals surface area contributed by atoms with Crippen molar-refractivity contribution in [1.82, 2.24) is 0 Å². The Labute approximate surface area is 85.5 Å². The van der Waals surface area contributed by atoms with Gasteiger partial charge < -0.3 is 26.5 Å². The van der Waals surface area contributed by atoms with Gasteiger partial charge in [-0.3, -0.25) is 9.59 Å². The van der Waals surface area contributed by atoms with E-state index < -0.39 is 24.0 Å². The summed E-state index contributed by atoms with van der Waals surface area (Å²) >= 11 is 3.65. The summed E-state index contributed by atoms with van der Waals surface area (Å²) in [6, 6.07) is -2.18. The SMILES string of the molecule is N[C@@H](C=O)C(=O)O.N[C@@H](CS)C(=O)O. The van der Waals surface area contributed by atoms with Gasteiger partial charge in [0.25, 0.3) is 0 Å². The molecule has 6 N–H and O–H groups in total. The summed E-state index contributed by atoms with van der Waals surface area (Å²) < 4.78 is 0. The van der Waals surface area contributed by atoms with E-state index in [2.05, 4.69) is 18.4 Å². The standard InChI is InChI=1S/C3H5NO3.C3H7NO2S/c4-2(1-5)3(6)7;4-2(1-7)3(5)6/h1-2H,4H2,(H,6,7);2,7H,1,4H2,(H,5,6)/t2*2-/m00/s1. The molecular formula is C6H12N2O5S. The van der Waals surface area contributed by atoms with Gasteiger partial charge in [-0.25, -0.2) is 0 Å². The molecule has 8 heteroatoms. The Balaban J connectivity index is 0.